The smallest absolute Gasteiger partial charge is 0.221 e. The number of tetrazole rings is 1. The number of carbonyl (C=O) groups excluding carboxylic acids is 1. The van der Waals surface area contributed by atoms with E-state index in [1.54, 1.807) is 6.92 Å². The lowest BCUT2D eigenvalue weighted by Crippen LogP contribution is -2.27. The van der Waals surface area contributed by atoms with Crippen LogP contribution in [0.3, 0.4) is 0 Å². The molecule has 112 valence electrons. The highest BCUT2D eigenvalue weighted by molar-refractivity contribution is 7.99. The van der Waals surface area contributed by atoms with Gasteiger partial charge in [-0.1, -0.05) is 5.21 Å². The van der Waals surface area contributed by atoms with E-state index in [4.69, 9.17) is 0 Å². The zero-order valence-electron chi connectivity index (χ0n) is 11.1. The number of rotatable bonds is 6. The molecule has 0 saturated carbocycles. The number of aromatic nitrogens is 4. The molecule has 2 N–H and O–H groups in total. The van der Waals surface area contributed by atoms with Crippen LogP contribution in [0.5, 0.6) is 0 Å². The van der Waals surface area contributed by atoms with Gasteiger partial charge < -0.3 is 5.32 Å². The molecule has 21 heavy (non-hydrogen) atoms. The van der Waals surface area contributed by atoms with E-state index < -0.39 is 11.6 Å². The Labute approximate surface area is 123 Å². The van der Waals surface area contributed by atoms with E-state index in [0.29, 0.717) is 16.5 Å². The molecule has 9 heteroatoms. The first kappa shape index (κ1) is 15.4. The van der Waals surface area contributed by atoms with Crippen LogP contribution in [-0.4, -0.2) is 32.3 Å². The van der Waals surface area contributed by atoms with E-state index >= 15 is 0 Å². The van der Waals surface area contributed by atoms with Gasteiger partial charge in [-0.25, -0.2) is 8.78 Å². The second-order valence-electron chi connectivity index (χ2n) is 4.23. The SMILES string of the molecule is CC(NC(=O)CCSc1ccc(F)c(F)c1)c1nn[nH]n1. The van der Waals surface area contributed by atoms with Crippen molar-refractivity contribution in [3.8, 4) is 0 Å². The van der Waals surface area contributed by atoms with E-state index in [2.05, 4.69) is 25.9 Å². The van der Waals surface area contributed by atoms with Crippen LogP contribution in [-0.2, 0) is 4.79 Å². The van der Waals surface area contributed by atoms with Crippen LogP contribution >= 0.6 is 11.8 Å². The molecule has 1 unspecified atom stereocenters. The third-order valence-electron chi connectivity index (χ3n) is 2.62. The average Bonchev–Trinajstić information content (AvgIpc) is 2.97. The highest BCUT2D eigenvalue weighted by Gasteiger charge is 2.13. The minimum absolute atomic E-state index is 0.178. The molecule has 2 rings (SSSR count). The van der Waals surface area contributed by atoms with Crippen LogP contribution in [0.15, 0.2) is 23.1 Å². The van der Waals surface area contributed by atoms with Crippen molar-refractivity contribution in [2.24, 2.45) is 0 Å². The molecule has 1 amide bonds. The number of halogens is 2. The van der Waals surface area contributed by atoms with Gasteiger partial charge in [-0.3, -0.25) is 4.79 Å². The molecule has 0 saturated heterocycles. The lowest BCUT2D eigenvalue weighted by molar-refractivity contribution is -0.121. The van der Waals surface area contributed by atoms with Crippen molar-refractivity contribution in [1.29, 1.82) is 0 Å². The fourth-order valence-electron chi connectivity index (χ4n) is 1.56. The number of hydrogen-bond acceptors (Lipinski definition) is 5. The van der Waals surface area contributed by atoms with E-state index in [1.807, 2.05) is 0 Å². The summed E-state index contributed by atoms with van der Waals surface area (Å²) in [5.74, 6) is -1.10. The second-order valence-corrected chi connectivity index (χ2v) is 5.40. The summed E-state index contributed by atoms with van der Waals surface area (Å²) in [5.41, 5.74) is 0. The number of nitrogens with one attached hydrogen (secondary N) is 2. The number of hydrogen-bond donors (Lipinski definition) is 2. The van der Waals surface area contributed by atoms with Gasteiger partial charge in [0, 0.05) is 17.1 Å². The Hall–Kier alpha value is -2.03. The van der Waals surface area contributed by atoms with Crippen molar-refractivity contribution in [3.63, 3.8) is 0 Å². The number of nitrogens with zero attached hydrogens (tertiary/aromatic N) is 3. The Morgan fingerprint density at radius 1 is 1.43 bits per heavy atom. The maximum atomic E-state index is 13.0. The van der Waals surface area contributed by atoms with Gasteiger partial charge in [0.1, 0.15) is 0 Å². The molecule has 2 aromatic rings. The molecule has 0 aliphatic heterocycles. The molecule has 0 radical (unpaired) electrons. The van der Waals surface area contributed by atoms with Gasteiger partial charge in [0.25, 0.3) is 0 Å². The first-order valence-electron chi connectivity index (χ1n) is 6.17. The lowest BCUT2D eigenvalue weighted by Gasteiger charge is -2.09. The van der Waals surface area contributed by atoms with Gasteiger partial charge in [-0.2, -0.15) is 5.21 Å². The first-order chi connectivity index (χ1) is 10.1. The Morgan fingerprint density at radius 3 is 2.90 bits per heavy atom. The molecule has 1 aromatic carbocycles. The highest BCUT2D eigenvalue weighted by Crippen LogP contribution is 2.21. The molecule has 0 aliphatic rings. The van der Waals surface area contributed by atoms with Crippen molar-refractivity contribution >= 4 is 17.7 Å². The number of carbonyl (C=O) groups is 1. The van der Waals surface area contributed by atoms with Crippen LogP contribution in [0, 0.1) is 11.6 Å². The van der Waals surface area contributed by atoms with Crippen molar-refractivity contribution in [2.45, 2.75) is 24.3 Å². The summed E-state index contributed by atoms with van der Waals surface area (Å²) >= 11 is 1.28. The van der Waals surface area contributed by atoms with Crippen LogP contribution in [0.1, 0.15) is 25.2 Å². The molecule has 0 bridgehead atoms. The van der Waals surface area contributed by atoms with Gasteiger partial charge in [-0.15, -0.1) is 22.0 Å². The molecule has 6 nitrogen and oxygen atoms in total. The van der Waals surface area contributed by atoms with Crippen LogP contribution in [0.25, 0.3) is 0 Å². The summed E-state index contributed by atoms with van der Waals surface area (Å²) in [6.45, 7) is 1.74. The average molecular weight is 313 g/mol. The normalized spacial score (nSPS) is 12.1. The van der Waals surface area contributed by atoms with Gasteiger partial charge in [0.2, 0.25) is 5.91 Å². The zero-order chi connectivity index (χ0) is 15.2. The zero-order valence-corrected chi connectivity index (χ0v) is 12.0. The predicted molar refractivity (Wildman–Crippen MR) is 72.4 cm³/mol. The maximum absolute atomic E-state index is 13.0. The van der Waals surface area contributed by atoms with Crippen molar-refractivity contribution in [1.82, 2.24) is 25.9 Å². The summed E-state index contributed by atoms with van der Waals surface area (Å²) in [7, 11) is 0. The van der Waals surface area contributed by atoms with Crippen molar-refractivity contribution in [3.05, 3.63) is 35.7 Å². The molecular weight excluding hydrogens is 300 g/mol. The monoisotopic (exact) mass is 313 g/mol. The van der Waals surface area contributed by atoms with Gasteiger partial charge >= 0.3 is 0 Å². The van der Waals surface area contributed by atoms with Gasteiger partial charge in [0.05, 0.1) is 6.04 Å². The summed E-state index contributed by atoms with van der Waals surface area (Å²) < 4.78 is 25.8. The Morgan fingerprint density at radius 2 is 2.24 bits per heavy atom. The molecular formula is C12H13F2N5OS. The van der Waals surface area contributed by atoms with E-state index in [-0.39, 0.29) is 18.4 Å². The fourth-order valence-corrected chi connectivity index (χ4v) is 2.43. The molecule has 0 spiro atoms. The highest BCUT2D eigenvalue weighted by atomic mass is 32.2. The quantitative estimate of drug-likeness (QED) is 0.795. The Bertz CT molecular complexity index is 608. The number of thioether (sulfide) groups is 1. The molecule has 1 atom stereocenters. The summed E-state index contributed by atoms with van der Waals surface area (Å²) in [6.07, 6.45) is 0.242. The van der Waals surface area contributed by atoms with Crippen LogP contribution in [0.2, 0.25) is 0 Å². The van der Waals surface area contributed by atoms with E-state index in [1.165, 1.54) is 17.8 Å². The topological polar surface area (TPSA) is 83.6 Å². The summed E-state index contributed by atoms with van der Waals surface area (Å²) in [5, 5.41) is 16.0. The third kappa shape index (κ3) is 4.48. The molecule has 1 heterocycles. The third-order valence-corrected chi connectivity index (χ3v) is 3.61. The number of aromatic amines is 1. The van der Waals surface area contributed by atoms with Crippen LogP contribution in [0.4, 0.5) is 8.78 Å². The number of benzene rings is 1. The minimum atomic E-state index is -0.893. The molecule has 0 fully saturated rings. The minimum Gasteiger partial charge on any atom is -0.346 e. The van der Waals surface area contributed by atoms with Crippen molar-refractivity contribution < 1.29 is 13.6 Å². The first-order valence-corrected chi connectivity index (χ1v) is 7.15. The Kier molecular flexibility index (Phi) is 5.20. The maximum Gasteiger partial charge on any atom is 0.221 e. The predicted octanol–water partition coefficient (Wildman–Crippen LogP) is 1.84. The van der Waals surface area contributed by atoms with Gasteiger partial charge in [0.15, 0.2) is 17.5 Å². The summed E-state index contributed by atoms with van der Waals surface area (Å²) in [4.78, 5) is 12.3. The van der Waals surface area contributed by atoms with E-state index in [9.17, 15) is 13.6 Å². The van der Waals surface area contributed by atoms with E-state index in [0.717, 1.165) is 12.1 Å². The second kappa shape index (κ2) is 7.11. The molecule has 1 aromatic heterocycles. The lowest BCUT2D eigenvalue weighted by atomic mass is 10.3. The molecule has 0 aliphatic carbocycles. The van der Waals surface area contributed by atoms with Gasteiger partial charge in [-0.05, 0) is 25.1 Å². The van der Waals surface area contributed by atoms with Crippen molar-refractivity contribution in [2.75, 3.05) is 5.75 Å². The Balaban J connectivity index is 1.75. The fraction of sp³-hybridized carbons (Fsp3) is 0.333. The van der Waals surface area contributed by atoms with Crippen LogP contribution < -0.4 is 5.32 Å². The summed E-state index contributed by atoms with van der Waals surface area (Å²) in [6, 6.07) is 3.31. The largest absolute Gasteiger partial charge is 0.346 e. The standard InChI is InChI=1S/C12H13F2N5OS/c1-7(12-16-18-19-17-12)15-11(20)4-5-21-8-2-3-9(13)10(14)6-8/h2-3,6-7H,4-5H2,1H3,(H,15,20)(H,16,17,18,19). The number of amides is 1. The number of H-pyrrole nitrogens is 1.